The van der Waals surface area contributed by atoms with Gasteiger partial charge in [-0.25, -0.2) is 0 Å². The standard InChI is InChI=1S/2CN.4CH3.4Li.Ni/c2*1-2;;;;;;;;;/h;;4*1H3;;;;;/q6*-1;4*+1;+2. The molecule has 0 amide bonds. The number of hydrogen-bond acceptors (Lipinski definition) is 2. The molecule has 0 N–H and O–H groups in total. The molecule has 0 radical (unpaired) electrons. The predicted molar refractivity (Wildman–Crippen MR) is 35.6 cm³/mol. The molecule has 60 valence electrons. The van der Waals surface area contributed by atoms with Gasteiger partial charge in [0, 0.05) is 0 Å². The smallest absolute Gasteiger partial charge is 0.512 e. The fourth-order valence-corrected chi connectivity index (χ4v) is 0. The molecule has 0 rings (SSSR count). The molecule has 0 spiro atoms. The van der Waals surface area contributed by atoms with Crippen molar-refractivity contribution in [3.05, 3.63) is 42.9 Å². The summed E-state index contributed by atoms with van der Waals surface area (Å²) in [6.45, 7) is 9.50. The maximum Gasteiger partial charge on any atom is 2.00 e. The molecule has 0 aromatic carbocycles. The minimum atomic E-state index is 0. The summed E-state index contributed by atoms with van der Waals surface area (Å²) in [6, 6.07) is 0. The van der Waals surface area contributed by atoms with Crippen LogP contribution in [0.25, 0.3) is 0 Å². The van der Waals surface area contributed by atoms with Crippen molar-refractivity contribution in [2.45, 2.75) is 0 Å². The van der Waals surface area contributed by atoms with E-state index in [-0.39, 0.29) is 122 Å². The molecule has 0 saturated carbocycles. The Morgan fingerprint density at radius 3 is 0.462 bits per heavy atom. The van der Waals surface area contributed by atoms with Crippen molar-refractivity contribution >= 4 is 0 Å². The minimum absolute atomic E-state index is 0. The molecule has 0 aliphatic heterocycles. The van der Waals surface area contributed by atoms with Crippen molar-refractivity contribution in [3.8, 4) is 0 Å². The van der Waals surface area contributed by atoms with Gasteiger partial charge in [0.2, 0.25) is 0 Å². The summed E-state index contributed by atoms with van der Waals surface area (Å²) in [4.78, 5) is 0. The Hall–Kier alpha value is 1.86. The van der Waals surface area contributed by atoms with Crippen LogP contribution in [-0.4, -0.2) is 0 Å². The molecule has 0 aromatic rings. The predicted octanol–water partition coefficient (Wildman–Crippen LogP) is -9.99. The molecule has 0 heterocycles. The van der Waals surface area contributed by atoms with Crippen LogP contribution in [0.15, 0.2) is 0 Å². The topological polar surface area (TPSA) is 47.6 Å². The van der Waals surface area contributed by atoms with Crippen LogP contribution in [0.2, 0.25) is 0 Å². The van der Waals surface area contributed by atoms with Crippen LogP contribution in [0, 0.1) is 53.4 Å². The molecule has 0 fully saturated rings. The SMILES string of the molecule is [C-]#N.[C-]#N.[CH3-].[CH3-].[CH3-].[CH3-].[Li+].[Li+].[Li+].[Li+].[Ni+2]. The van der Waals surface area contributed by atoms with E-state index < -0.39 is 0 Å². The third-order valence-electron chi connectivity index (χ3n) is 0. The van der Waals surface area contributed by atoms with Crippen LogP contribution in [0.5, 0.6) is 0 Å². The van der Waals surface area contributed by atoms with Gasteiger partial charge in [0.05, 0.1) is 0 Å². The first kappa shape index (κ1) is 191. The van der Waals surface area contributed by atoms with Crippen molar-refractivity contribution in [1.82, 2.24) is 0 Å². The zero-order valence-corrected chi connectivity index (χ0v) is 11.2. The van der Waals surface area contributed by atoms with Crippen LogP contribution in [0.4, 0.5) is 0 Å². The first-order valence-corrected chi connectivity index (χ1v) is 0.447. The van der Waals surface area contributed by atoms with Crippen LogP contribution in [0.1, 0.15) is 0 Å². The maximum atomic E-state index is 6.25. The van der Waals surface area contributed by atoms with E-state index in [1.54, 1.807) is 0 Å². The van der Waals surface area contributed by atoms with E-state index in [1.165, 1.54) is 0 Å². The van der Waals surface area contributed by atoms with Gasteiger partial charge in [0.25, 0.3) is 0 Å². The van der Waals surface area contributed by atoms with E-state index in [2.05, 4.69) is 0 Å². The first-order valence-electron chi connectivity index (χ1n) is 0.447. The Bertz CT molecular complexity index is 38.1. The van der Waals surface area contributed by atoms with Crippen LogP contribution >= 0.6 is 0 Å². The molecule has 0 aromatic heterocycles. The number of hydrogen-bond donors (Lipinski definition) is 0. The molecule has 0 aliphatic rings. The number of nitrogens with zero attached hydrogens (tertiary/aromatic N) is 2. The fourth-order valence-electron chi connectivity index (χ4n) is 0. The maximum absolute atomic E-state index is 6.25. The van der Waals surface area contributed by atoms with Gasteiger partial charge in [0.1, 0.15) is 0 Å². The average Bonchev–Trinajstić information content (AvgIpc) is 1.50. The Morgan fingerprint density at radius 2 is 0.462 bits per heavy atom. The van der Waals surface area contributed by atoms with Gasteiger partial charge >= 0.3 is 91.9 Å². The van der Waals surface area contributed by atoms with Gasteiger partial charge in [0.15, 0.2) is 0 Å². The summed E-state index contributed by atoms with van der Waals surface area (Å²) >= 11 is 0. The van der Waals surface area contributed by atoms with Crippen molar-refractivity contribution in [3.63, 3.8) is 0 Å². The van der Waals surface area contributed by atoms with Crippen molar-refractivity contribution in [2.75, 3.05) is 0 Å². The monoisotopic (exact) mass is 198 g/mol. The van der Waals surface area contributed by atoms with Gasteiger partial charge in [-0.15, -0.1) is 0 Å². The van der Waals surface area contributed by atoms with Crippen LogP contribution in [-0.2, 0) is 16.5 Å². The second-order valence-corrected chi connectivity index (χ2v) is 0. The summed E-state index contributed by atoms with van der Waals surface area (Å²) in [5.74, 6) is 0. The molecule has 0 aliphatic carbocycles. The summed E-state index contributed by atoms with van der Waals surface area (Å²) in [6.07, 6.45) is 0. The molecule has 2 nitrogen and oxygen atoms in total. The second-order valence-electron chi connectivity index (χ2n) is 0. The Kier molecular flexibility index (Phi) is 9730. The molecular formula is C6H12Li4N2Ni. The van der Waals surface area contributed by atoms with Crippen molar-refractivity contribution in [1.29, 1.82) is 10.5 Å². The molecule has 0 bridgehead atoms. The Morgan fingerprint density at radius 1 is 0.462 bits per heavy atom. The first-order chi connectivity index (χ1) is 2.00. The van der Waals surface area contributed by atoms with Crippen molar-refractivity contribution in [2.24, 2.45) is 0 Å². The Labute approximate surface area is 144 Å². The zero-order chi connectivity index (χ0) is 4.00. The quantitative estimate of drug-likeness (QED) is 0.287. The molecule has 0 saturated heterocycles. The van der Waals surface area contributed by atoms with E-state index in [1.807, 2.05) is 0 Å². The third-order valence-corrected chi connectivity index (χ3v) is 0. The molecule has 7 heteroatoms. The average molecular weight is 199 g/mol. The van der Waals surface area contributed by atoms with E-state index in [0.29, 0.717) is 0 Å². The van der Waals surface area contributed by atoms with E-state index in [4.69, 9.17) is 23.7 Å². The van der Waals surface area contributed by atoms with E-state index in [9.17, 15) is 0 Å². The normalized spacial score (nSPS) is 0.308. The van der Waals surface area contributed by atoms with E-state index in [0.717, 1.165) is 0 Å². The summed E-state index contributed by atoms with van der Waals surface area (Å²) < 4.78 is 0. The summed E-state index contributed by atoms with van der Waals surface area (Å²) in [7, 11) is 0. The number of rotatable bonds is 0. The molecular weight excluding hydrogens is 187 g/mol. The summed E-state index contributed by atoms with van der Waals surface area (Å²) in [5, 5.41) is 12.5. The molecule has 0 unspecified atom stereocenters. The molecule has 0 atom stereocenters. The second kappa shape index (κ2) is 661. The zero-order valence-electron chi connectivity index (χ0n) is 10.2. The van der Waals surface area contributed by atoms with Gasteiger partial charge in [-0.3, -0.25) is 0 Å². The summed E-state index contributed by atoms with van der Waals surface area (Å²) in [5.41, 5.74) is 0. The van der Waals surface area contributed by atoms with Crippen LogP contribution in [0.3, 0.4) is 0 Å². The molecule has 13 heavy (non-hydrogen) atoms. The van der Waals surface area contributed by atoms with Gasteiger partial charge in [-0.1, -0.05) is 0 Å². The van der Waals surface area contributed by atoms with Crippen LogP contribution < -0.4 is 75.4 Å². The Balaban J connectivity index is -0.000000000404. The van der Waals surface area contributed by atoms with Gasteiger partial charge in [-0.05, 0) is 0 Å². The van der Waals surface area contributed by atoms with E-state index >= 15 is 0 Å². The van der Waals surface area contributed by atoms with Gasteiger partial charge < -0.3 is 53.4 Å². The largest absolute Gasteiger partial charge is 2.00 e. The minimum Gasteiger partial charge on any atom is -0.512 e. The fraction of sp³-hybridized carbons (Fsp3) is 0. The third kappa shape index (κ3) is 562. The van der Waals surface area contributed by atoms with Gasteiger partial charge in [-0.2, -0.15) is 0 Å². The van der Waals surface area contributed by atoms with Crippen molar-refractivity contribution < 1.29 is 91.9 Å².